The van der Waals surface area contributed by atoms with E-state index in [1.807, 2.05) is 0 Å². The summed E-state index contributed by atoms with van der Waals surface area (Å²) in [4.78, 5) is 0. The van der Waals surface area contributed by atoms with Gasteiger partial charge < -0.3 is 0 Å². The molecule has 0 aliphatic rings. The van der Waals surface area contributed by atoms with Gasteiger partial charge in [-0.05, 0) is 31.1 Å². The summed E-state index contributed by atoms with van der Waals surface area (Å²) in [6.07, 6.45) is 3.46. The monoisotopic (exact) mass is 140 g/mol. The maximum absolute atomic E-state index is 4.08. The van der Waals surface area contributed by atoms with Crippen LogP contribution in [-0.4, -0.2) is 0 Å². The molecule has 0 spiro atoms. The molecule has 0 aromatic rings. The zero-order valence-corrected chi connectivity index (χ0v) is 7.61. The van der Waals surface area contributed by atoms with Crippen LogP contribution >= 0.6 is 0 Å². The molecule has 1 unspecified atom stereocenters. The molecule has 0 aliphatic heterocycles. The molecule has 0 aromatic heterocycles. The van der Waals surface area contributed by atoms with Crippen molar-refractivity contribution in [2.24, 2.45) is 11.3 Å². The third-order valence-electron chi connectivity index (χ3n) is 2.35. The Kier molecular flexibility index (Phi) is 4.00. The molecule has 0 N–H and O–H groups in total. The Hall–Kier alpha value is 0. The fourth-order valence-corrected chi connectivity index (χ4v) is 1.24. The van der Waals surface area contributed by atoms with Crippen molar-refractivity contribution in [2.75, 3.05) is 0 Å². The van der Waals surface area contributed by atoms with Crippen molar-refractivity contribution in [3.05, 3.63) is 13.8 Å². The zero-order chi connectivity index (χ0) is 8.20. The van der Waals surface area contributed by atoms with E-state index in [9.17, 15) is 0 Å². The summed E-state index contributed by atoms with van der Waals surface area (Å²) in [6, 6.07) is 0. The highest BCUT2D eigenvalue weighted by atomic mass is 14.3. The summed E-state index contributed by atoms with van der Waals surface area (Å²) in [5, 5.41) is 0. The Morgan fingerprint density at radius 1 is 1.40 bits per heavy atom. The first-order valence-corrected chi connectivity index (χ1v) is 4.17. The van der Waals surface area contributed by atoms with Crippen molar-refractivity contribution in [3.63, 3.8) is 0 Å². The second-order valence-corrected chi connectivity index (χ2v) is 3.72. The van der Waals surface area contributed by atoms with Crippen LogP contribution in [0, 0.1) is 25.2 Å². The average Bonchev–Trinajstić information content (AvgIpc) is 1.86. The van der Waals surface area contributed by atoms with E-state index < -0.39 is 0 Å². The fourth-order valence-electron chi connectivity index (χ4n) is 1.24. The zero-order valence-electron chi connectivity index (χ0n) is 7.61. The van der Waals surface area contributed by atoms with Crippen molar-refractivity contribution < 1.29 is 0 Å². The van der Waals surface area contributed by atoms with Crippen molar-refractivity contribution in [1.82, 2.24) is 0 Å². The maximum atomic E-state index is 4.08. The van der Waals surface area contributed by atoms with Gasteiger partial charge in [0.2, 0.25) is 0 Å². The van der Waals surface area contributed by atoms with Gasteiger partial charge in [-0.1, -0.05) is 34.1 Å². The van der Waals surface area contributed by atoms with Crippen LogP contribution in [0.2, 0.25) is 0 Å². The van der Waals surface area contributed by atoms with Gasteiger partial charge in [0, 0.05) is 0 Å². The SMILES string of the molecule is [CH2]CC([CH2])C(C)(C)CCC. The van der Waals surface area contributed by atoms with Crippen LogP contribution in [0.15, 0.2) is 0 Å². The predicted octanol–water partition coefficient (Wildman–Crippen LogP) is 3.49. The van der Waals surface area contributed by atoms with E-state index >= 15 is 0 Å². The second-order valence-electron chi connectivity index (χ2n) is 3.72. The van der Waals surface area contributed by atoms with Crippen LogP contribution in [0.5, 0.6) is 0 Å². The normalized spacial score (nSPS) is 15.3. The Bertz CT molecular complexity index is 82.0. The molecule has 0 nitrogen and oxygen atoms in total. The molecule has 60 valence electrons. The van der Waals surface area contributed by atoms with Crippen LogP contribution in [0.4, 0.5) is 0 Å². The Balaban J connectivity index is 3.82. The van der Waals surface area contributed by atoms with Crippen molar-refractivity contribution in [1.29, 1.82) is 0 Å². The Labute approximate surface area is 66.0 Å². The Morgan fingerprint density at radius 3 is 2.20 bits per heavy atom. The van der Waals surface area contributed by atoms with Gasteiger partial charge in [-0.3, -0.25) is 0 Å². The molecule has 0 bridgehead atoms. The van der Waals surface area contributed by atoms with Gasteiger partial charge in [-0.25, -0.2) is 0 Å². The van der Waals surface area contributed by atoms with Crippen LogP contribution < -0.4 is 0 Å². The summed E-state index contributed by atoms with van der Waals surface area (Å²) >= 11 is 0. The molecule has 0 saturated heterocycles. The molecule has 0 heteroatoms. The van der Waals surface area contributed by atoms with Crippen molar-refractivity contribution in [3.8, 4) is 0 Å². The minimum atomic E-state index is 0.385. The highest BCUT2D eigenvalue weighted by Crippen LogP contribution is 2.32. The quantitative estimate of drug-likeness (QED) is 0.560. The van der Waals surface area contributed by atoms with Crippen LogP contribution in [0.1, 0.15) is 40.0 Å². The molecule has 0 fully saturated rings. The highest BCUT2D eigenvalue weighted by molar-refractivity contribution is 4.79. The van der Waals surface area contributed by atoms with Crippen molar-refractivity contribution >= 4 is 0 Å². The minimum Gasteiger partial charge on any atom is -0.0654 e. The van der Waals surface area contributed by atoms with Gasteiger partial charge in [0.05, 0.1) is 0 Å². The third-order valence-corrected chi connectivity index (χ3v) is 2.35. The fraction of sp³-hybridized carbons (Fsp3) is 0.800. The van der Waals surface area contributed by atoms with Crippen molar-refractivity contribution in [2.45, 2.75) is 40.0 Å². The van der Waals surface area contributed by atoms with E-state index in [0.29, 0.717) is 11.3 Å². The van der Waals surface area contributed by atoms with Gasteiger partial charge in [-0.15, -0.1) is 0 Å². The summed E-state index contributed by atoms with van der Waals surface area (Å²) < 4.78 is 0. The molecule has 0 amide bonds. The number of rotatable bonds is 4. The second kappa shape index (κ2) is 4.00. The highest BCUT2D eigenvalue weighted by Gasteiger charge is 2.22. The summed E-state index contributed by atoms with van der Waals surface area (Å²) in [6.45, 7) is 14.7. The standard InChI is InChI=1S/C10H20/c1-6-8-10(4,5)9(3)7-2/h9H,2-3,6-8H2,1,4-5H3. The van der Waals surface area contributed by atoms with E-state index in [1.165, 1.54) is 12.8 Å². The van der Waals surface area contributed by atoms with Gasteiger partial charge in [0.15, 0.2) is 0 Å². The lowest BCUT2D eigenvalue weighted by Gasteiger charge is -2.30. The first kappa shape index (κ1) is 10.0. The first-order valence-electron chi connectivity index (χ1n) is 4.17. The van der Waals surface area contributed by atoms with E-state index in [2.05, 4.69) is 34.6 Å². The van der Waals surface area contributed by atoms with Gasteiger partial charge in [-0.2, -0.15) is 0 Å². The third kappa shape index (κ3) is 2.72. The van der Waals surface area contributed by atoms with Gasteiger partial charge in [0.25, 0.3) is 0 Å². The van der Waals surface area contributed by atoms with Crippen LogP contribution in [-0.2, 0) is 0 Å². The maximum Gasteiger partial charge on any atom is -0.0326 e. The molecule has 10 heavy (non-hydrogen) atoms. The largest absolute Gasteiger partial charge is 0.0654 e. The summed E-state index contributed by atoms with van der Waals surface area (Å²) in [7, 11) is 0. The molecule has 1 atom stereocenters. The lowest BCUT2D eigenvalue weighted by molar-refractivity contribution is 0.234. The van der Waals surface area contributed by atoms with Gasteiger partial charge >= 0.3 is 0 Å². The topological polar surface area (TPSA) is 0 Å². The smallest absolute Gasteiger partial charge is 0.0326 e. The molecule has 0 saturated carbocycles. The molecular formula is C10H20. The first-order chi connectivity index (χ1) is 4.54. The number of hydrogen-bond donors (Lipinski definition) is 0. The molecule has 0 heterocycles. The molecule has 0 rings (SSSR count). The summed E-state index contributed by atoms with van der Waals surface area (Å²) in [5.41, 5.74) is 0.385. The lowest BCUT2D eigenvalue weighted by Crippen LogP contribution is -2.20. The van der Waals surface area contributed by atoms with Gasteiger partial charge in [0.1, 0.15) is 0 Å². The van der Waals surface area contributed by atoms with E-state index in [1.54, 1.807) is 0 Å². The molecular weight excluding hydrogens is 120 g/mol. The lowest BCUT2D eigenvalue weighted by atomic mass is 9.75. The average molecular weight is 140 g/mol. The predicted molar refractivity (Wildman–Crippen MR) is 47.5 cm³/mol. The van der Waals surface area contributed by atoms with Crippen LogP contribution in [0.25, 0.3) is 0 Å². The van der Waals surface area contributed by atoms with E-state index in [0.717, 1.165) is 6.42 Å². The summed E-state index contributed by atoms with van der Waals surface area (Å²) in [5.74, 6) is 0.507. The molecule has 0 aromatic carbocycles. The van der Waals surface area contributed by atoms with Crippen LogP contribution in [0.3, 0.4) is 0 Å². The Morgan fingerprint density at radius 2 is 1.90 bits per heavy atom. The minimum absolute atomic E-state index is 0.385. The molecule has 2 radical (unpaired) electrons. The van der Waals surface area contributed by atoms with E-state index in [4.69, 9.17) is 0 Å². The molecule has 0 aliphatic carbocycles. The number of hydrogen-bond acceptors (Lipinski definition) is 0. The van der Waals surface area contributed by atoms with E-state index in [-0.39, 0.29) is 0 Å².